The first-order chi connectivity index (χ1) is 13.0. The predicted molar refractivity (Wildman–Crippen MR) is 95.9 cm³/mol. The largest absolute Gasteiger partial charge is 0.421 e. The Morgan fingerprint density at radius 1 is 1.04 bits per heavy atom. The van der Waals surface area contributed by atoms with Gasteiger partial charge in [-0.05, 0) is 55.4 Å². The molecule has 2 atom stereocenters. The molecule has 1 saturated carbocycles. The van der Waals surface area contributed by atoms with Gasteiger partial charge in [0.2, 0.25) is 5.95 Å². The Hall–Kier alpha value is -2.35. The van der Waals surface area contributed by atoms with Crippen LogP contribution in [0.2, 0.25) is 0 Å². The zero-order valence-corrected chi connectivity index (χ0v) is 14.6. The maximum atomic E-state index is 13.3. The molecule has 1 aromatic heterocycles. The Morgan fingerprint density at radius 3 is 2.52 bits per heavy atom. The summed E-state index contributed by atoms with van der Waals surface area (Å²) < 4.78 is 39.8. The molecule has 1 aliphatic carbocycles. The van der Waals surface area contributed by atoms with Crippen molar-refractivity contribution < 1.29 is 13.2 Å². The van der Waals surface area contributed by atoms with Gasteiger partial charge < -0.3 is 16.0 Å². The quantitative estimate of drug-likeness (QED) is 0.724. The van der Waals surface area contributed by atoms with Gasteiger partial charge in [0, 0.05) is 30.0 Å². The summed E-state index contributed by atoms with van der Waals surface area (Å²) in [7, 11) is 0. The van der Waals surface area contributed by atoms with Crippen LogP contribution in [0.4, 0.5) is 30.6 Å². The summed E-state index contributed by atoms with van der Waals surface area (Å²) in [5.74, 6) is 0.0208. The maximum absolute atomic E-state index is 13.3. The molecule has 0 radical (unpaired) electrons. The number of alkyl halides is 3. The minimum Gasteiger partial charge on any atom is -0.367 e. The number of hydrogen-bond acceptors (Lipinski definition) is 5. The molecule has 3 aliphatic rings. The lowest BCUT2D eigenvalue weighted by molar-refractivity contribution is -0.137. The minimum atomic E-state index is -4.48. The average Bonchev–Trinajstić information content (AvgIpc) is 3.19. The molecule has 3 N–H and O–H groups in total. The second-order valence-electron chi connectivity index (χ2n) is 7.54. The van der Waals surface area contributed by atoms with Crippen molar-refractivity contribution in [1.29, 1.82) is 0 Å². The molecule has 5 rings (SSSR count). The second-order valence-corrected chi connectivity index (χ2v) is 7.54. The summed E-state index contributed by atoms with van der Waals surface area (Å²) in [6, 6.07) is 6.91. The third-order valence-electron chi connectivity index (χ3n) is 5.78. The van der Waals surface area contributed by atoms with Crippen LogP contribution in [0.25, 0.3) is 0 Å². The summed E-state index contributed by atoms with van der Waals surface area (Å²) in [6.07, 6.45) is 1.40. The molecule has 0 amide bonds. The van der Waals surface area contributed by atoms with E-state index in [1.54, 1.807) is 0 Å². The highest BCUT2D eigenvalue weighted by molar-refractivity contribution is 5.60. The second kappa shape index (κ2) is 6.09. The van der Waals surface area contributed by atoms with Gasteiger partial charge in [-0.2, -0.15) is 18.2 Å². The van der Waals surface area contributed by atoms with Crippen molar-refractivity contribution in [3.8, 4) is 0 Å². The first kappa shape index (κ1) is 16.8. The monoisotopic (exact) mass is 375 g/mol. The van der Waals surface area contributed by atoms with Gasteiger partial charge in [0.15, 0.2) is 0 Å². The summed E-state index contributed by atoms with van der Waals surface area (Å²) in [5, 5.41) is 9.54. The number of hydrogen-bond donors (Lipinski definition) is 3. The molecule has 27 heavy (non-hydrogen) atoms. The Bertz CT molecular complexity index is 878. The van der Waals surface area contributed by atoms with Crippen molar-refractivity contribution in [3.63, 3.8) is 0 Å². The number of benzene rings is 1. The standard InChI is InChI=1S/C19H20F3N5/c20-19(21,22)14-9-23-18(27-17(14)24-10-2-1-3-10)25-11-4-5-12-13(8-11)16-7-6-15(12)26-16/h4-5,8-10,15-16,26H,1-3,6-7H2,(H2,23,24,25,27)/t15-,16+/m0/s1. The normalized spacial score (nSPS) is 23.8. The maximum Gasteiger partial charge on any atom is 0.421 e. The number of fused-ring (bicyclic) bond motifs is 5. The van der Waals surface area contributed by atoms with Crippen LogP contribution in [0.15, 0.2) is 24.4 Å². The van der Waals surface area contributed by atoms with Crippen molar-refractivity contribution in [2.24, 2.45) is 0 Å². The Morgan fingerprint density at radius 2 is 1.81 bits per heavy atom. The van der Waals surface area contributed by atoms with Crippen molar-refractivity contribution in [3.05, 3.63) is 41.1 Å². The number of aromatic nitrogens is 2. The van der Waals surface area contributed by atoms with Crippen LogP contribution < -0.4 is 16.0 Å². The number of nitrogens with zero attached hydrogens (tertiary/aromatic N) is 2. The molecule has 1 aromatic carbocycles. The third-order valence-corrected chi connectivity index (χ3v) is 5.78. The van der Waals surface area contributed by atoms with Gasteiger partial charge in [0.25, 0.3) is 0 Å². The summed E-state index contributed by atoms with van der Waals surface area (Å²) in [5.41, 5.74) is 2.54. The molecule has 2 bridgehead atoms. The minimum absolute atomic E-state index is 0.0514. The van der Waals surface area contributed by atoms with Gasteiger partial charge in [0.05, 0.1) is 0 Å². The van der Waals surface area contributed by atoms with Crippen LogP contribution in [0.5, 0.6) is 0 Å². The molecule has 0 unspecified atom stereocenters. The van der Waals surface area contributed by atoms with Crippen molar-refractivity contribution >= 4 is 17.5 Å². The van der Waals surface area contributed by atoms with Crippen LogP contribution in [0, 0.1) is 0 Å². The Kier molecular flexibility index (Phi) is 3.79. The molecular weight excluding hydrogens is 355 g/mol. The van der Waals surface area contributed by atoms with Crippen LogP contribution >= 0.6 is 0 Å². The highest BCUT2D eigenvalue weighted by Crippen LogP contribution is 2.45. The van der Waals surface area contributed by atoms with Gasteiger partial charge >= 0.3 is 6.18 Å². The lowest BCUT2D eigenvalue weighted by Crippen LogP contribution is -2.29. The summed E-state index contributed by atoms with van der Waals surface area (Å²) in [6.45, 7) is 0. The van der Waals surface area contributed by atoms with E-state index in [9.17, 15) is 13.2 Å². The molecule has 2 aromatic rings. The molecule has 2 aliphatic heterocycles. The van der Waals surface area contributed by atoms with E-state index in [0.29, 0.717) is 12.1 Å². The first-order valence-corrected chi connectivity index (χ1v) is 9.35. The van der Waals surface area contributed by atoms with Crippen LogP contribution in [-0.4, -0.2) is 16.0 Å². The van der Waals surface area contributed by atoms with E-state index in [4.69, 9.17) is 0 Å². The first-order valence-electron chi connectivity index (χ1n) is 9.35. The van der Waals surface area contributed by atoms with E-state index in [0.717, 1.165) is 44.0 Å². The van der Waals surface area contributed by atoms with E-state index in [2.05, 4.69) is 32.0 Å². The van der Waals surface area contributed by atoms with E-state index < -0.39 is 11.7 Å². The van der Waals surface area contributed by atoms with Crippen LogP contribution in [-0.2, 0) is 6.18 Å². The zero-order valence-electron chi connectivity index (χ0n) is 14.6. The summed E-state index contributed by atoms with van der Waals surface area (Å²) >= 11 is 0. The van der Waals surface area contributed by atoms with Gasteiger partial charge in [-0.3, -0.25) is 0 Å². The fraction of sp³-hybridized carbons (Fsp3) is 0.474. The topological polar surface area (TPSA) is 61.9 Å². The molecule has 3 heterocycles. The third kappa shape index (κ3) is 3.01. The van der Waals surface area contributed by atoms with Gasteiger partial charge in [-0.1, -0.05) is 6.07 Å². The fourth-order valence-corrected chi connectivity index (χ4v) is 4.14. The highest BCUT2D eigenvalue weighted by Gasteiger charge is 2.37. The SMILES string of the molecule is FC(F)(F)c1cnc(Nc2ccc3c(c2)[C@H]2CC[C@@H]3N2)nc1NC1CCC1. The van der Waals surface area contributed by atoms with Crippen LogP contribution in [0.1, 0.15) is 60.9 Å². The molecule has 8 heteroatoms. The average molecular weight is 375 g/mol. The zero-order chi connectivity index (χ0) is 18.6. The van der Waals surface area contributed by atoms with E-state index >= 15 is 0 Å². The van der Waals surface area contributed by atoms with Crippen molar-refractivity contribution in [2.45, 2.75) is 56.4 Å². The summed E-state index contributed by atoms with van der Waals surface area (Å²) in [4.78, 5) is 8.02. The number of anilines is 3. The molecule has 142 valence electrons. The lowest BCUT2D eigenvalue weighted by Gasteiger charge is -2.28. The number of halogens is 3. The molecular formula is C19H20F3N5. The molecule has 1 saturated heterocycles. The molecule has 2 fully saturated rings. The molecule has 5 nitrogen and oxygen atoms in total. The smallest absolute Gasteiger partial charge is 0.367 e. The van der Waals surface area contributed by atoms with Gasteiger partial charge in [-0.15, -0.1) is 0 Å². The number of rotatable bonds is 4. The van der Waals surface area contributed by atoms with Gasteiger partial charge in [-0.25, -0.2) is 4.98 Å². The lowest BCUT2D eigenvalue weighted by atomic mass is 9.91. The Balaban J connectivity index is 1.42. The predicted octanol–water partition coefficient (Wildman–Crippen LogP) is 4.68. The fourth-order valence-electron chi connectivity index (χ4n) is 4.14. The van der Waals surface area contributed by atoms with Crippen LogP contribution in [0.3, 0.4) is 0 Å². The van der Waals surface area contributed by atoms with E-state index in [1.165, 1.54) is 11.1 Å². The van der Waals surface area contributed by atoms with E-state index in [-0.39, 0.29) is 17.8 Å². The van der Waals surface area contributed by atoms with E-state index in [1.807, 2.05) is 12.1 Å². The Labute approximate surface area is 154 Å². The highest BCUT2D eigenvalue weighted by atomic mass is 19.4. The molecule has 0 spiro atoms. The number of nitrogens with one attached hydrogen (secondary N) is 3. The van der Waals surface area contributed by atoms with Gasteiger partial charge in [0.1, 0.15) is 11.4 Å². The van der Waals surface area contributed by atoms with Crippen molar-refractivity contribution in [2.75, 3.05) is 10.6 Å². The van der Waals surface area contributed by atoms with Crippen molar-refractivity contribution in [1.82, 2.24) is 15.3 Å².